The molecule has 2 aromatic heterocycles. The normalized spacial score (nSPS) is 11.4. The third-order valence-corrected chi connectivity index (χ3v) is 3.84. The van der Waals surface area contributed by atoms with E-state index in [1.165, 1.54) is 42.3 Å². The highest BCUT2D eigenvalue weighted by Crippen LogP contribution is 2.30. The first-order chi connectivity index (χ1) is 12.3. The van der Waals surface area contributed by atoms with Crippen LogP contribution in [0, 0.1) is 0 Å². The van der Waals surface area contributed by atoms with Crippen molar-refractivity contribution in [2.24, 2.45) is 0 Å². The molecule has 0 amide bonds. The molecule has 6 nitrogen and oxygen atoms in total. The molecule has 0 radical (unpaired) electrons. The molecule has 134 valence electrons. The number of pyridine rings is 1. The highest BCUT2D eigenvalue weighted by molar-refractivity contribution is 9.10. The average Bonchev–Trinajstić information content (AvgIpc) is 3.10. The lowest BCUT2D eigenvalue weighted by molar-refractivity contribution is -0.137. The fourth-order valence-corrected chi connectivity index (χ4v) is 2.60. The van der Waals surface area contributed by atoms with E-state index in [1.807, 2.05) is 0 Å². The van der Waals surface area contributed by atoms with Crippen molar-refractivity contribution in [2.75, 3.05) is 7.11 Å². The van der Waals surface area contributed by atoms with Crippen LogP contribution in [0.2, 0.25) is 0 Å². The third kappa shape index (κ3) is 3.74. The van der Waals surface area contributed by atoms with Crippen LogP contribution in [0.1, 0.15) is 15.9 Å². The number of hydrogen-bond acceptors (Lipinski definition) is 5. The molecule has 0 saturated heterocycles. The molecule has 2 heterocycles. The van der Waals surface area contributed by atoms with E-state index in [9.17, 15) is 18.0 Å². The first-order valence-electron chi connectivity index (χ1n) is 7.14. The zero-order chi connectivity index (χ0) is 18.9. The Balaban J connectivity index is 1.93. The van der Waals surface area contributed by atoms with Gasteiger partial charge in [-0.1, -0.05) is 17.3 Å². The molecule has 0 aliphatic heterocycles. The number of carbonyl (C=O) groups is 1. The Hall–Kier alpha value is -2.75. The standard InChI is InChI=1S/C16H10BrF3N4O2/c1-26-15(25)10-6-13(17)21-14(7-10)24-8-12(22-23-24)9-2-4-11(5-3-9)16(18,19)20/h2-8H,1H3. The molecule has 10 heteroatoms. The van der Waals surface area contributed by atoms with Crippen molar-refractivity contribution in [3.8, 4) is 17.1 Å². The molecular formula is C16H10BrF3N4O2. The van der Waals surface area contributed by atoms with Crippen LogP contribution in [-0.2, 0) is 10.9 Å². The van der Waals surface area contributed by atoms with Gasteiger partial charge in [0.15, 0.2) is 5.82 Å². The second kappa shape index (κ2) is 6.87. The lowest BCUT2D eigenvalue weighted by Gasteiger charge is -2.06. The van der Waals surface area contributed by atoms with E-state index in [4.69, 9.17) is 0 Å². The Morgan fingerprint density at radius 1 is 1.19 bits per heavy atom. The van der Waals surface area contributed by atoms with Gasteiger partial charge in [-0.15, -0.1) is 5.10 Å². The molecule has 0 atom stereocenters. The van der Waals surface area contributed by atoms with Gasteiger partial charge in [-0.3, -0.25) is 0 Å². The van der Waals surface area contributed by atoms with Gasteiger partial charge < -0.3 is 4.74 Å². The minimum absolute atomic E-state index is 0.260. The van der Waals surface area contributed by atoms with Gasteiger partial charge in [0, 0.05) is 5.56 Å². The first kappa shape index (κ1) is 18.1. The van der Waals surface area contributed by atoms with Crippen molar-refractivity contribution in [1.82, 2.24) is 20.0 Å². The lowest BCUT2D eigenvalue weighted by atomic mass is 10.1. The molecule has 0 aliphatic rings. The number of alkyl halides is 3. The van der Waals surface area contributed by atoms with Crippen LogP contribution in [0.25, 0.3) is 17.1 Å². The van der Waals surface area contributed by atoms with Crippen molar-refractivity contribution in [3.05, 3.63) is 58.3 Å². The number of halogens is 4. The van der Waals surface area contributed by atoms with Crippen molar-refractivity contribution in [2.45, 2.75) is 6.18 Å². The number of carbonyl (C=O) groups excluding carboxylic acids is 1. The Morgan fingerprint density at radius 2 is 1.88 bits per heavy atom. The fraction of sp³-hybridized carbons (Fsp3) is 0.125. The van der Waals surface area contributed by atoms with Crippen LogP contribution in [0.4, 0.5) is 13.2 Å². The molecule has 0 bridgehead atoms. The van der Waals surface area contributed by atoms with Gasteiger partial charge in [0.2, 0.25) is 0 Å². The van der Waals surface area contributed by atoms with E-state index in [0.717, 1.165) is 12.1 Å². The lowest BCUT2D eigenvalue weighted by Crippen LogP contribution is -2.06. The summed E-state index contributed by atoms with van der Waals surface area (Å²) in [5.74, 6) is -0.247. The van der Waals surface area contributed by atoms with E-state index in [2.05, 4.69) is 36.0 Å². The number of benzene rings is 1. The molecule has 0 fully saturated rings. The smallest absolute Gasteiger partial charge is 0.416 e. The molecule has 0 N–H and O–H groups in total. The van der Waals surface area contributed by atoms with Crippen molar-refractivity contribution in [1.29, 1.82) is 0 Å². The van der Waals surface area contributed by atoms with E-state index < -0.39 is 17.7 Å². The predicted molar refractivity (Wildman–Crippen MR) is 88.6 cm³/mol. The van der Waals surface area contributed by atoms with Crippen molar-refractivity contribution in [3.63, 3.8) is 0 Å². The van der Waals surface area contributed by atoms with E-state index in [-0.39, 0.29) is 5.56 Å². The van der Waals surface area contributed by atoms with Crippen LogP contribution in [-0.4, -0.2) is 33.1 Å². The van der Waals surface area contributed by atoms with Crippen LogP contribution in [0.15, 0.2) is 47.2 Å². The number of rotatable bonds is 3. The summed E-state index contributed by atoms with van der Waals surface area (Å²) in [5, 5.41) is 7.85. The van der Waals surface area contributed by atoms with Crippen LogP contribution >= 0.6 is 15.9 Å². The summed E-state index contributed by atoms with van der Waals surface area (Å²) in [4.78, 5) is 15.9. The van der Waals surface area contributed by atoms with Gasteiger partial charge in [0.05, 0.1) is 24.4 Å². The predicted octanol–water partition coefficient (Wildman–Crippen LogP) is 3.90. The molecule has 0 saturated carbocycles. The summed E-state index contributed by atoms with van der Waals surface area (Å²) in [5.41, 5.74) is 0.341. The fourth-order valence-electron chi connectivity index (χ4n) is 2.17. The minimum atomic E-state index is -4.40. The average molecular weight is 427 g/mol. The Morgan fingerprint density at radius 3 is 2.50 bits per heavy atom. The highest BCUT2D eigenvalue weighted by Gasteiger charge is 2.30. The van der Waals surface area contributed by atoms with E-state index in [0.29, 0.717) is 21.7 Å². The molecule has 1 aromatic carbocycles. The molecule has 3 rings (SSSR count). The van der Waals surface area contributed by atoms with Gasteiger partial charge in [-0.2, -0.15) is 13.2 Å². The number of nitrogens with zero attached hydrogens (tertiary/aromatic N) is 4. The number of methoxy groups -OCH3 is 1. The summed E-state index contributed by atoms with van der Waals surface area (Å²) >= 11 is 3.20. The maximum atomic E-state index is 12.6. The van der Waals surface area contributed by atoms with Gasteiger partial charge in [0.25, 0.3) is 0 Å². The van der Waals surface area contributed by atoms with E-state index in [1.54, 1.807) is 0 Å². The third-order valence-electron chi connectivity index (χ3n) is 3.44. The van der Waals surface area contributed by atoms with Gasteiger partial charge in [-0.05, 0) is 40.2 Å². The van der Waals surface area contributed by atoms with Gasteiger partial charge in [0.1, 0.15) is 10.3 Å². The molecule has 3 aromatic rings. The topological polar surface area (TPSA) is 69.9 Å². The van der Waals surface area contributed by atoms with Crippen LogP contribution in [0.5, 0.6) is 0 Å². The SMILES string of the molecule is COC(=O)c1cc(Br)nc(-n2cc(-c3ccc(C(F)(F)F)cc3)nn2)c1. The Kier molecular flexibility index (Phi) is 4.77. The van der Waals surface area contributed by atoms with Crippen molar-refractivity contribution >= 4 is 21.9 Å². The van der Waals surface area contributed by atoms with Gasteiger partial charge >= 0.3 is 12.1 Å². The summed E-state index contributed by atoms with van der Waals surface area (Å²) in [6, 6.07) is 7.52. The summed E-state index contributed by atoms with van der Waals surface area (Å²) in [7, 11) is 1.26. The maximum absolute atomic E-state index is 12.6. The monoisotopic (exact) mass is 426 g/mol. The minimum Gasteiger partial charge on any atom is -0.465 e. The Bertz CT molecular complexity index is 955. The number of aromatic nitrogens is 4. The first-order valence-corrected chi connectivity index (χ1v) is 7.93. The van der Waals surface area contributed by atoms with Crippen molar-refractivity contribution < 1.29 is 22.7 Å². The van der Waals surface area contributed by atoms with Gasteiger partial charge in [-0.25, -0.2) is 14.5 Å². The second-order valence-corrected chi connectivity index (χ2v) is 5.96. The highest BCUT2D eigenvalue weighted by atomic mass is 79.9. The number of hydrogen-bond donors (Lipinski definition) is 0. The van der Waals surface area contributed by atoms with Crippen LogP contribution < -0.4 is 0 Å². The van der Waals surface area contributed by atoms with Crippen LogP contribution in [0.3, 0.4) is 0 Å². The molecule has 0 unspecified atom stereocenters. The summed E-state index contributed by atoms with van der Waals surface area (Å²) < 4.78 is 44.3. The molecule has 26 heavy (non-hydrogen) atoms. The largest absolute Gasteiger partial charge is 0.465 e. The zero-order valence-electron chi connectivity index (χ0n) is 13.2. The Labute approximate surface area is 153 Å². The molecule has 0 aliphatic carbocycles. The quantitative estimate of drug-likeness (QED) is 0.469. The number of esters is 1. The summed E-state index contributed by atoms with van der Waals surface area (Å²) in [6.07, 6.45) is -2.90. The zero-order valence-corrected chi connectivity index (χ0v) is 14.7. The maximum Gasteiger partial charge on any atom is 0.416 e. The second-order valence-electron chi connectivity index (χ2n) is 5.15. The van der Waals surface area contributed by atoms with E-state index >= 15 is 0 Å². The number of ether oxygens (including phenoxy) is 1. The summed E-state index contributed by atoms with van der Waals surface area (Å²) in [6.45, 7) is 0. The molecule has 0 spiro atoms. The molecular weight excluding hydrogens is 417 g/mol.